The fraction of sp³-hybridized carbons (Fsp3) is 0.853. The highest BCUT2D eigenvalue weighted by atomic mass is 16.7. The molecule has 0 aromatic carbocycles. The quantitative estimate of drug-likeness (QED) is 0.0204. The summed E-state index contributed by atoms with van der Waals surface area (Å²) < 4.78 is 22.9. The molecule has 89 heavy (non-hydrogen) atoms. The highest BCUT2D eigenvalue weighted by molar-refractivity contribution is 5.76. The second-order valence-electron chi connectivity index (χ2n) is 26.1. The Bertz CT molecular complexity index is 1720. The summed E-state index contributed by atoms with van der Waals surface area (Å²) in [7, 11) is 0. The van der Waals surface area contributed by atoms with E-state index in [4.69, 9.17) is 18.9 Å². The van der Waals surface area contributed by atoms with Crippen molar-refractivity contribution >= 4 is 5.91 Å². The monoisotopic (exact) mass is 1260 g/mol. The molecule has 520 valence electrons. The molecule has 2 aliphatic heterocycles. The number of aliphatic hydroxyl groups excluding tert-OH is 8. The molecule has 12 atom stereocenters. The van der Waals surface area contributed by atoms with Crippen molar-refractivity contribution in [3.63, 3.8) is 0 Å². The smallest absolute Gasteiger partial charge is 0.220 e. The molecular formula is C75H137NO13. The van der Waals surface area contributed by atoms with Crippen LogP contribution >= 0.6 is 0 Å². The first-order chi connectivity index (χ1) is 43.6. The van der Waals surface area contributed by atoms with E-state index in [1.807, 2.05) is 6.08 Å². The summed E-state index contributed by atoms with van der Waals surface area (Å²) in [5, 5.41) is 87.5. The van der Waals surface area contributed by atoms with E-state index in [1.54, 1.807) is 6.08 Å². The van der Waals surface area contributed by atoms with Crippen molar-refractivity contribution in [3.05, 3.63) is 60.8 Å². The SMILES string of the molecule is CCCCCCC/C=C\C/C=C\C/C=C\CCCCCCCCCCC(=O)NC(COC1OC(CO)C(OC2OC(CO)C(O)C(O)C2O)C(O)C1O)C(O)/C=C/CC/C=C/CCCCCCCCCCCCCCCCCCCCCCCCCCCC. The van der Waals surface area contributed by atoms with Crippen LogP contribution in [0.1, 0.15) is 316 Å². The lowest BCUT2D eigenvalue weighted by Crippen LogP contribution is -2.65. The van der Waals surface area contributed by atoms with Gasteiger partial charge in [-0.15, -0.1) is 0 Å². The van der Waals surface area contributed by atoms with Crippen LogP contribution in [0.2, 0.25) is 0 Å². The minimum absolute atomic E-state index is 0.254. The van der Waals surface area contributed by atoms with Gasteiger partial charge >= 0.3 is 0 Å². The first-order valence-electron chi connectivity index (χ1n) is 37.0. The number of rotatable bonds is 61. The number of allylic oxidation sites excluding steroid dienone is 9. The maximum absolute atomic E-state index is 13.3. The fourth-order valence-corrected chi connectivity index (χ4v) is 12.0. The summed E-state index contributed by atoms with van der Waals surface area (Å²) in [5.41, 5.74) is 0. The summed E-state index contributed by atoms with van der Waals surface area (Å²) in [5.74, 6) is -0.254. The highest BCUT2D eigenvalue weighted by Gasteiger charge is 2.51. The van der Waals surface area contributed by atoms with Gasteiger partial charge in [-0.3, -0.25) is 4.79 Å². The average Bonchev–Trinajstić information content (AvgIpc) is 3.63. The van der Waals surface area contributed by atoms with Gasteiger partial charge in [0.1, 0.15) is 48.8 Å². The van der Waals surface area contributed by atoms with Crippen LogP contribution in [0.3, 0.4) is 0 Å². The Morgan fingerprint density at radius 2 is 0.753 bits per heavy atom. The van der Waals surface area contributed by atoms with E-state index < -0.39 is 86.8 Å². The lowest BCUT2D eigenvalue weighted by molar-refractivity contribution is -0.359. The van der Waals surface area contributed by atoms with Crippen molar-refractivity contribution in [2.75, 3.05) is 19.8 Å². The van der Waals surface area contributed by atoms with Crippen LogP contribution in [0, 0.1) is 0 Å². The van der Waals surface area contributed by atoms with Gasteiger partial charge in [0.05, 0.1) is 32.0 Å². The van der Waals surface area contributed by atoms with Gasteiger partial charge in [-0.2, -0.15) is 0 Å². The van der Waals surface area contributed by atoms with E-state index >= 15 is 0 Å². The zero-order chi connectivity index (χ0) is 64.5. The van der Waals surface area contributed by atoms with Gasteiger partial charge in [0.2, 0.25) is 5.91 Å². The molecule has 2 saturated heterocycles. The lowest BCUT2D eigenvalue weighted by atomic mass is 9.97. The zero-order valence-electron chi connectivity index (χ0n) is 56.7. The molecule has 9 N–H and O–H groups in total. The molecule has 0 aromatic rings. The van der Waals surface area contributed by atoms with Gasteiger partial charge in [-0.1, -0.05) is 299 Å². The van der Waals surface area contributed by atoms with E-state index in [0.29, 0.717) is 12.8 Å². The number of carbonyl (C=O) groups excluding carboxylic acids is 1. The molecule has 0 radical (unpaired) electrons. The third-order valence-corrected chi connectivity index (χ3v) is 17.9. The number of ether oxygens (including phenoxy) is 4. The summed E-state index contributed by atoms with van der Waals surface area (Å²) in [4.78, 5) is 13.3. The second-order valence-corrected chi connectivity index (χ2v) is 26.1. The number of hydrogen-bond acceptors (Lipinski definition) is 13. The maximum atomic E-state index is 13.3. The van der Waals surface area contributed by atoms with Crippen molar-refractivity contribution in [2.24, 2.45) is 0 Å². The number of carbonyl (C=O) groups is 1. The molecular weight excluding hydrogens is 1120 g/mol. The van der Waals surface area contributed by atoms with E-state index in [9.17, 15) is 45.6 Å². The number of unbranched alkanes of at least 4 members (excludes halogenated alkanes) is 40. The Balaban J connectivity index is 1.67. The molecule has 0 saturated carbocycles. The number of amides is 1. The summed E-state index contributed by atoms with van der Waals surface area (Å²) in [6.45, 7) is 2.80. The number of aliphatic hydroxyl groups is 8. The molecule has 0 bridgehead atoms. The van der Waals surface area contributed by atoms with Crippen LogP contribution in [-0.4, -0.2) is 140 Å². The molecule has 1 amide bonds. The van der Waals surface area contributed by atoms with Crippen LogP contribution < -0.4 is 5.32 Å². The first-order valence-corrected chi connectivity index (χ1v) is 37.0. The standard InChI is InChI=1S/C75H137NO13/c1-3-5-7-9-11-13-15-17-19-21-23-25-27-28-29-30-31-32-33-34-35-37-38-40-42-44-46-48-50-52-54-56-58-64(79)63(62-86-74-72(85)70(83)73(66(61-78)88-74)89-75-71(84)69(82)68(81)65(60-77)87-75)76-67(80)59-57-55-53-51-49-47-45-43-41-39-36-26-24-22-20-18-16-14-12-10-8-6-4-2/h16,18,22,24,36,39,48,50,56,58,63-66,68-75,77-79,81-85H,3-15,17,19-21,23,25-35,37-38,40-47,49,51-55,57,59-62H2,1-2H3,(H,76,80)/b18-16-,24-22-,39-36-,50-48+,58-56+. The van der Waals surface area contributed by atoms with E-state index in [-0.39, 0.29) is 18.9 Å². The number of nitrogens with one attached hydrogen (secondary N) is 1. The first kappa shape index (κ1) is 82.8. The van der Waals surface area contributed by atoms with Gasteiger partial charge < -0.3 is 65.1 Å². The molecule has 2 heterocycles. The largest absolute Gasteiger partial charge is 0.394 e. The van der Waals surface area contributed by atoms with Crippen LogP contribution in [-0.2, 0) is 23.7 Å². The molecule has 0 aromatic heterocycles. The zero-order valence-corrected chi connectivity index (χ0v) is 56.7. The van der Waals surface area contributed by atoms with E-state index in [0.717, 1.165) is 51.4 Å². The maximum Gasteiger partial charge on any atom is 0.220 e. The Labute approximate surface area is 543 Å². The molecule has 2 aliphatic rings. The lowest BCUT2D eigenvalue weighted by Gasteiger charge is -2.46. The van der Waals surface area contributed by atoms with Crippen LogP contribution in [0.5, 0.6) is 0 Å². The van der Waals surface area contributed by atoms with Crippen LogP contribution in [0.25, 0.3) is 0 Å². The third-order valence-electron chi connectivity index (χ3n) is 17.9. The molecule has 14 nitrogen and oxygen atoms in total. The minimum atomic E-state index is -1.79. The topological polar surface area (TPSA) is 228 Å². The Morgan fingerprint density at radius 1 is 0.404 bits per heavy atom. The molecule has 2 rings (SSSR count). The van der Waals surface area contributed by atoms with Gasteiger partial charge in [0, 0.05) is 6.42 Å². The van der Waals surface area contributed by atoms with Crippen molar-refractivity contribution in [3.8, 4) is 0 Å². The van der Waals surface area contributed by atoms with Gasteiger partial charge in [-0.25, -0.2) is 0 Å². The van der Waals surface area contributed by atoms with E-state index in [1.165, 1.54) is 231 Å². The van der Waals surface area contributed by atoms with Gasteiger partial charge in [-0.05, 0) is 70.6 Å². The molecule has 14 heteroatoms. The number of hydrogen-bond donors (Lipinski definition) is 9. The van der Waals surface area contributed by atoms with Crippen molar-refractivity contribution in [1.29, 1.82) is 0 Å². The predicted molar refractivity (Wildman–Crippen MR) is 364 cm³/mol. The fourth-order valence-electron chi connectivity index (χ4n) is 12.0. The van der Waals surface area contributed by atoms with Crippen molar-refractivity contribution in [1.82, 2.24) is 5.32 Å². The Kier molecular flexibility index (Phi) is 55.3. The Morgan fingerprint density at radius 3 is 1.18 bits per heavy atom. The van der Waals surface area contributed by atoms with Crippen LogP contribution in [0.4, 0.5) is 0 Å². The third kappa shape index (κ3) is 43.3. The summed E-state index contributed by atoms with van der Waals surface area (Å²) in [6, 6.07) is -0.940. The minimum Gasteiger partial charge on any atom is -0.394 e. The van der Waals surface area contributed by atoms with Gasteiger partial charge in [0.15, 0.2) is 12.6 Å². The molecule has 2 fully saturated rings. The molecule has 12 unspecified atom stereocenters. The van der Waals surface area contributed by atoms with Crippen molar-refractivity contribution < 1.29 is 64.6 Å². The van der Waals surface area contributed by atoms with E-state index in [2.05, 4.69) is 67.8 Å². The summed E-state index contributed by atoms with van der Waals surface area (Å²) >= 11 is 0. The van der Waals surface area contributed by atoms with Crippen LogP contribution in [0.15, 0.2) is 60.8 Å². The predicted octanol–water partition coefficient (Wildman–Crippen LogP) is 15.6. The average molecular weight is 1260 g/mol. The normalized spacial score (nSPS) is 23.3. The molecule has 0 aliphatic carbocycles. The second kappa shape index (κ2) is 59.4. The van der Waals surface area contributed by atoms with Gasteiger partial charge in [0.25, 0.3) is 0 Å². The Hall–Kier alpha value is -2.31. The van der Waals surface area contributed by atoms with Crippen molar-refractivity contribution in [2.45, 2.75) is 389 Å². The molecule has 0 spiro atoms. The highest BCUT2D eigenvalue weighted by Crippen LogP contribution is 2.30. The summed E-state index contributed by atoms with van der Waals surface area (Å²) in [6.07, 6.45) is 62.9.